The molecule has 0 fully saturated rings. The molecule has 0 bridgehead atoms. The van der Waals surface area contributed by atoms with Crippen LogP contribution in [-0.4, -0.2) is 22.7 Å². The van der Waals surface area contributed by atoms with Crippen LogP contribution in [0.15, 0.2) is 71.2 Å². The molecule has 0 saturated heterocycles. The monoisotopic (exact) mass is 526 g/mol. The fourth-order valence-corrected chi connectivity index (χ4v) is 4.08. The summed E-state index contributed by atoms with van der Waals surface area (Å²) in [4.78, 5) is 11.7. The van der Waals surface area contributed by atoms with Gasteiger partial charge < -0.3 is 19.7 Å². The highest BCUT2D eigenvalue weighted by Crippen LogP contribution is 2.37. The number of anilines is 1. The van der Waals surface area contributed by atoms with Crippen molar-refractivity contribution in [3.63, 3.8) is 0 Å². The third kappa shape index (κ3) is 4.82. The number of hydrogen-bond acceptors (Lipinski definition) is 3. The Kier molecular flexibility index (Phi) is 6.70. The molecule has 2 N–H and O–H groups in total. The first-order chi connectivity index (χ1) is 16.3. The Morgan fingerprint density at radius 3 is 2.56 bits per heavy atom. The SMILES string of the molecule is CNc1cc(C(=O)O)cc(-n2c(C)ccc2-c2cc(Br)ccc2OCc2ccc(F)cc2F)c1. The molecule has 0 aliphatic heterocycles. The fraction of sp³-hybridized carbons (Fsp3) is 0.115. The Morgan fingerprint density at radius 1 is 1.06 bits per heavy atom. The number of aryl methyl sites for hydroxylation is 1. The lowest BCUT2D eigenvalue weighted by Gasteiger charge is -2.17. The van der Waals surface area contributed by atoms with Gasteiger partial charge >= 0.3 is 5.97 Å². The van der Waals surface area contributed by atoms with E-state index in [1.807, 2.05) is 41.8 Å². The van der Waals surface area contributed by atoms with Gasteiger partial charge in [0.25, 0.3) is 0 Å². The van der Waals surface area contributed by atoms with E-state index < -0.39 is 17.6 Å². The highest BCUT2D eigenvalue weighted by atomic mass is 79.9. The molecule has 174 valence electrons. The summed E-state index contributed by atoms with van der Waals surface area (Å²) in [6.07, 6.45) is 0. The molecule has 0 unspecified atom stereocenters. The first-order valence-corrected chi connectivity index (χ1v) is 11.2. The minimum atomic E-state index is -1.03. The molecule has 0 aliphatic rings. The molecule has 1 heterocycles. The van der Waals surface area contributed by atoms with E-state index >= 15 is 0 Å². The van der Waals surface area contributed by atoms with Gasteiger partial charge in [0.05, 0.1) is 11.3 Å². The Morgan fingerprint density at radius 2 is 1.85 bits per heavy atom. The second-order valence-corrected chi connectivity index (χ2v) is 8.60. The summed E-state index contributed by atoms with van der Waals surface area (Å²) >= 11 is 3.50. The lowest BCUT2D eigenvalue weighted by Crippen LogP contribution is -2.06. The maximum atomic E-state index is 14.1. The number of rotatable bonds is 7. The Bertz CT molecular complexity index is 1380. The topological polar surface area (TPSA) is 63.5 Å². The lowest BCUT2D eigenvalue weighted by molar-refractivity contribution is 0.0697. The van der Waals surface area contributed by atoms with Crippen LogP contribution >= 0.6 is 15.9 Å². The van der Waals surface area contributed by atoms with E-state index in [9.17, 15) is 18.7 Å². The molecule has 0 spiro atoms. The van der Waals surface area contributed by atoms with Crippen LogP contribution < -0.4 is 10.1 Å². The van der Waals surface area contributed by atoms with Crippen LogP contribution in [0.3, 0.4) is 0 Å². The van der Waals surface area contributed by atoms with E-state index in [0.717, 1.165) is 27.5 Å². The summed E-state index contributed by atoms with van der Waals surface area (Å²) in [6, 6.07) is 17.7. The summed E-state index contributed by atoms with van der Waals surface area (Å²) in [5.41, 5.74) is 4.07. The minimum absolute atomic E-state index is 0.0845. The van der Waals surface area contributed by atoms with Crippen LogP contribution in [0.1, 0.15) is 21.6 Å². The van der Waals surface area contributed by atoms with E-state index in [0.29, 0.717) is 17.1 Å². The highest BCUT2D eigenvalue weighted by Gasteiger charge is 2.17. The third-order valence-corrected chi connectivity index (χ3v) is 5.90. The van der Waals surface area contributed by atoms with Crippen molar-refractivity contribution in [2.24, 2.45) is 0 Å². The molecular formula is C26H21BrF2N2O3. The molecule has 0 aliphatic carbocycles. The molecule has 5 nitrogen and oxygen atoms in total. The van der Waals surface area contributed by atoms with Gasteiger partial charge in [0.2, 0.25) is 0 Å². The van der Waals surface area contributed by atoms with Crippen molar-refractivity contribution in [3.8, 4) is 22.7 Å². The van der Waals surface area contributed by atoms with Crippen molar-refractivity contribution in [2.45, 2.75) is 13.5 Å². The zero-order valence-corrected chi connectivity index (χ0v) is 20.0. The van der Waals surface area contributed by atoms with E-state index in [1.165, 1.54) is 12.1 Å². The second kappa shape index (κ2) is 9.69. The predicted octanol–water partition coefficient (Wildman–Crippen LogP) is 6.81. The van der Waals surface area contributed by atoms with Crippen molar-refractivity contribution in [2.75, 3.05) is 12.4 Å². The van der Waals surface area contributed by atoms with Gasteiger partial charge in [0, 0.05) is 45.8 Å². The van der Waals surface area contributed by atoms with Gasteiger partial charge in [-0.3, -0.25) is 0 Å². The molecule has 34 heavy (non-hydrogen) atoms. The van der Waals surface area contributed by atoms with E-state index in [-0.39, 0.29) is 17.7 Å². The Labute approximate surface area is 203 Å². The predicted molar refractivity (Wildman–Crippen MR) is 131 cm³/mol. The average Bonchev–Trinajstić information content (AvgIpc) is 3.20. The summed E-state index contributed by atoms with van der Waals surface area (Å²) in [7, 11) is 1.73. The number of carboxylic acids is 1. The van der Waals surface area contributed by atoms with Gasteiger partial charge in [-0.15, -0.1) is 0 Å². The molecule has 0 atom stereocenters. The number of nitrogens with zero attached hydrogens (tertiary/aromatic N) is 1. The number of hydrogen-bond donors (Lipinski definition) is 2. The van der Waals surface area contributed by atoms with Gasteiger partial charge in [0.1, 0.15) is 24.0 Å². The van der Waals surface area contributed by atoms with Crippen LogP contribution in [0, 0.1) is 18.6 Å². The molecule has 1 aromatic heterocycles. The smallest absolute Gasteiger partial charge is 0.335 e. The normalized spacial score (nSPS) is 10.9. The Hall–Kier alpha value is -3.65. The Balaban J connectivity index is 1.79. The number of aromatic nitrogens is 1. The summed E-state index contributed by atoms with van der Waals surface area (Å²) in [5, 5.41) is 12.6. The lowest BCUT2D eigenvalue weighted by atomic mass is 10.1. The fourth-order valence-electron chi connectivity index (χ4n) is 3.72. The van der Waals surface area contributed by atoms with E-state index in [1.54, 1.807) is 25.2 Å². The second-order valence-electron chi connectivity index (χ2n) is 7.68. The maximum absolute atomic E-state index is 14.1. The summed E-state index contributed by atoms with van der Waals surface area (Å²) in [6.45, 7) is 1.83. The average molecular weight is 527 g/mol. The molecule has 4 aromatic rings. The van der Waals surface area contributed by atoms with Crippen LogP contribution in [0.4, 0.5) is 14.5 Å². The standard InChI is InChI=1S/C26H21BrF2N2O3/c1-15-3-7-24(31(15)21-10-17(26(32)33)9-20(13-21)30-2)22-11-18(27)5-8-25(22)34-14-16-4-6-19(28)12-23(16)29/h3-13,30H,14H2,1-2H3,(H,32,33). The number of ether oxygens (including phenoxy) is 1. The number of carboxylic acid groups (broad SMARTS) is 1. The molecule has 0 saturated carbocycles. The van der Waals surface area contributed by atoms with Crippen LogP contribution in [0.25, 0.3) is 16.9 Å². The number of aromatic carboxylic acids is 1. The van der Waals surface area contributed by atoms with E-state index in [4.69, 9.17) is 4.74 Å². The van der Waals surface area contributed by atoms with Crippen LogP contribution in [0.5, 0.6) is 5.75 Å². The molecule has 3 aromatic carbocycles. The highest BCUT2D eigenvalue weighted by molar-refractivity contribution is 9.10. The molecule has 8 heteroatoms. The van der Waals surface area contributed by atoms with Gasteiger partial charge in [-0.2, -0.15) is 0 Å². The number of carbonyl (C=O) groups is 1. The molecule has 4 rings (SSSR count). The van der Waals surface area contributed by atoms with Crippen molar-refractivity contribution in [1.82, 2.24) is 4.57 Å². The molecular weight excluding hydrogens is 506 g/mol. The van der Waals surface area contributed by atoms with Gasteiger partial charge in [-0.1, -0.05) is 15.9 Å². The third-order valence-electron chi connectivity index (χ3n) is 5.40. The van der Waals surface area contributed by atoms with Gasteiger partial charge in [-0.05, 0) is 67.6 Å². The van der Waals surface area contributed by atoms with Crippen molar-refractivity contribution in [1.29, 1.82) is 0 Å². The molecule has 0 radical (unpaired) electrons. The van der Waals surface area contributed by atoms with Crippen LogP contribution in [0.2, 0.25) is 0 Å². The minimum Gasteiger partial charge on any atom is -0.488 e. The number of benzene rings is 3. The first kappa shape index (κ1) is 23.5. The van der Waals surface area contributed by atoms with Crippen molar-refractivity contribution < 1.29 is 23.4 Å². The molecule has 0 amide bonds. The van der Waals surface area contributed by atoms with E-state index in [2.05, 4.69) is 21.2 Å². The quantitative estimate of drug-likeness (QED) is 0.277. The zero-order chi connectivity index (χ0) is 24.4. The summed E-state index contributed by atoms with van der Waals surface area (Å²) in [5.74, 6) is -1.86. The number of halogens is 3. The van der Waals surface area contributed by atoms with Crippen molar-refractivity contribution >= 4 is 27.6 Å². The van der Waals surface area contributed by atoms with Crippen molar-refractivity contribution in [3.05, 3.63) is 99.7 Å². The number of nitrogens with one attached hydrogen (secondary N) is 1. The van der Waals surface area contributed by atoms with Crippen LogP contribution in [-0.2, 0) is 6.61 Å². The van der Waals surface area contributed by atoms with Gasteiger partial charge in [0.15, 0.2) is 0 Å². The van der Waals surface area contributed by atoms with Gasteiger partial charge in [-0.25, -0.2) is 13.6 Å². The zero-order valence-electron chi connectivity index (χ0n) is 18.4. The maximum Gasteiger partial charge on any atom is 0.335 e. The first-order valence-electron chi connectivity index (χ1n) is 10.4. The largest absolute Gasteiger partial charge is 0.488 e. The summed E-state index contributed by atoms with van der Waals surface area (Å²) < 4.78 is 36.1.